The first-order valence-corrected chi connectivity index (χ1v) is 3.68. The van der Waals surface area contributed by atoms with Crippen molar-refractivity contribution >= 4 is 40.6 Å². The first-order valence-electron chi connectivity index (χ1n) is 2.57. The topological polar surface area (TPSA) is 37.3 Å². The van der Waals surface area contributed by atoms with Crippen molar-refractivity contribution < 1.29 is 13.2 Å². The third kappa shape index (κ3) is 3.01. The predicted molar refractivity (Wildman–Crippen MR) is 42.6 cm³/mol. The van der Waals surface area contributed by atoms with Gasteiger partial charge in [0.2, 0.25) is 0 Å². The van der Waals surface area contributed by atoms with E-state index in [1.165, 1.54) is 18.2 Å². The van der Waals surface area contributed by atoms with Crippen LogP contribution in [0.5, 0.6) is 0 Å². The number of hydrogen-bond donors (Lipinski definition) is 1. The molecule has 2 nitrogen and oxygen atoms in total. The standard InChI is InChI=1S/C6H5FO2S.Na.H/c7-5-3-1-2-4-6(5)10(8)9;;/h1-4H,(H,8,9);;. The van der Waals surface area contributed by atoms with Gasteiger partial charge in [-0.2, -0.15) is 0 Å². The van der Waals surface area contributed by atoms with Gasteiger partial charge in [0, 0.05) is 0 Å². The average molecular weight is 184 g/mol. The van der Waals surface area contributed by atoms with E-state index >= 15 is 0 Å². The summed E-state index contributed by atoms with van der Waals surface area (Å²) in [6, 6.07) is 5.38. The average Bonchev–Trinajstić information content (AvgIpc) is 1.88. The molecule has 0 bridgehead atoms. The van der Waals surface area contributed by atoms with Crippen molar-refractivity contribution in [1.82, 2.24) is 0 Å². The van der Waals surface area contributed by atoms with E-state index in [2.05, 4.69) is 0 Å². The minimum absolute atomic E-state index is 0. The molecule has 0 amide bonds. The molecule has 0 spiro atoms. The summed E-state index contributed by atoms with van der Waals surface area (Å²) in [7, 11) is 0. The van der Waals surface area contributed by atoms with Gasteiger partial charge in [-0.05, 0) is 12.1 Å². The Morgan fingerprint density at radius 3 is 2.27 bits per heavy atom. The Kier molecular flexibility index (Phi) is 5.12. The van der Waals surface area contributed by atoms with Crippen molar-refractivity contribution in [3.05, 3.63) is 30.1 Å². The monoisotopic (exact) mass is 184 g/mol. The van der Waals surface area contributed by atoms with E-state index in [0.717, 1.165) is 6.07 Å². The van der Waals surface area contributed by atoms with Crippen LogP contribution in [0.2, 0.25) is 0 Å². The van der Waals surface area contributed by atoms with Gasteiger partial charge in [-0.25, -0.2) is 8.60 Å². The molecule has 5 heteroatoms. The zero-order valence-electron chi connectivity index (χ0n) is 4.95. The third-order valence-corrected chi connectivity index (χ3v) is 1.73. The second-order valence-corrected chi connectivity index (χ2v) is 2.62. The van der Waals surface area contributed by atoms with Crippen LogP contribution in [0.25, 0.3) is 0 Å². The number of rotatable bonds is 1. The van der Waals surface area contributed by atoms with Gasteiger partial charge in [-0.15, -0.1) is 0 Å². The fourth-order valence-corrected chi connectivity index (χ4v) is 1.02. The second-order valence-electron chi connectivity index (χ2n) is 1.68. The molecule has 56 valence electrons. The van der Waals surface area contributed by atoms with Gasteiger partial charge in [0.15, 0.2) is 11.1 Å². The summed E-state index contributed by atoms with van der Waals surface area (Å²) in [5.41, 5.74) is 0. The summed E-state index contributed by atoms with van der Waals surface area (Å²) < 4.78 is 31.2. The van der Waals surface area contributed by atoms with Crippen molar-refractivity contribution in [3.8, 4) is 0 Å². The zero-order valence-corrected chi connectivity index (χ0v) is 5.77. The van der Waals surface area contributed by atoms with E-state index in [1.807, 2.05) is 0 Å². The van der Waals surface area contributed by atoms with Gasteiger partial charge in [-0.1, -0.05) is 12.1 Å². The Labute approximate surface area is 88.4 Å². The fourth-order valence-electron chi connectivity index (χ4n) is 0.586. The van der Waals surface area contributed by atoms with E-state index in [1.54, 1.807) is 0 Å². The Balaban J connectivity index is 0.000001000. The van der Waals surface area contributed by atoms with Crippen LogP contribution in [0.1, 0.15) is 0 Å². The van der Waals surface area contributed by atoms with Crippen molar-refractivity contribution in [2.45, 2.75) is 4.90 Å². The van der Waals surface area contributed by atoms with E-state index in [4.69, 9.17) is 4.55 Å². The summed E-state index contributed by atoms with van der Waals surface area (Å²) in [6.07, 6.45) is 0. The molecule has 0 saturated heterocycles. The Morgan fingerprint density at radius 2 is 1.91 bits per heavy atom. The number of halogens is 1. The molecule has 0 aliphatic heterocycles. The molecular weight excluding hydrogens is 178 g/mol. The van der Waals surface area contributed by atoms with Crippen molar-refractivity contribution in [3.63, 3.8) is 0 Å². The molecule has 0 heterocycles. The molecule has 0 fully saturated rings. The van der Waals surface area contributed by atoms with Crippen LogP contribution in [0, 0.1) is 5.82 Å². The van der Waals surface area contributed by atoms with Gasteiger partial charge in [0.05, 0.1) is 0 Å². The molecule has 1 rings (SSSR count). The van der Waals surface area contributed by atoms with Gasteiger partial charge in [0.25, 0.3) is 0 Å². The van der Waals surface area contributed by atoms with Crippen LogP contribution < -0.4 is 0 Å². The quantitative estimate of drug-likeness (QED) is 0.516. The molecule has 0 aliphatic carbocycles. The molecule has 0 radical (unpaired) electrons. The third-order valence-electron chi connectivity index (χ3n) is 1.02. The zero-order chi connectivity index (χ0) is 7.56. The summed E-state index contributed by atoms with van der Waals surface area (Å²) in [6.45, 7) is 0. The molecule has 1 N–H and O–H groups in total. The number of benzene rings is 1. The maximum atomic E-state index is 12.5. The normalized spacial score (nSPS) is 11.8. The predicted octanol–water partition coefficient (Wildman–Crippen LogP) is 0.758. The molecule has 1 aromatic rings. The molecule has 1 unspecified atom stereocenters. The summed E-state index contributed by atoms with van der Waals surface area (Å²) >= 11 is -2.22. The first-order chi connectivity index (χ1) is 4.72. The van der Waals surface area contributed by atoms with E-state index in [9.17, 15) is 8.60 Å². The minimum atomic E-state index is -2.22. The Morgan fingerprint density at radius 1 is 1.36 bits per heavy atom. The summed E-state index contributed by atoms with van der Waals surface area (Å²) in [5, 5.41) is 0. The summed E-state index contributed by atoms with van der Waals surface area (Å²) in [5.74, 6) is -0.650. The molecule has 1 aromatic carbocycles. The molecule has 0 aromatic heterocycles. The van der Waals surface area contributed by atoms with Gasteiger partial charge >= 0.3 is 29.6 Å². The molecule has 11 heavy (non-hydrogen) atoms. The molecule has 1 atom stereocenters. The van der Waals surface area contributed by atoms with Crippen LogP contribution >= 0.6 is 0 Å². The fraction of sp³-hybridized carbons (Fsp3) is 0. The van der Waals surface area contributed by atoms with Crippen LogP contribution in [-0.2, 0) is 11.1 Å². The van der Waals surface area contributed by atoms with Gasteiger partial charge < -0.3 is 4.55 Å². The second kappa shape index (κ2) is 5.00. The van der Waals surface area contributed by atoms with Crippen LogP contribution in [-0.4, -0.2) is 38.3 Å². The maximum absolute atomic E-state index is 12.5. The SMILES string of the molecule is O=S(O)c1ccccc1F.[NaH]. The van der Waals surface area contributed by atoms with Gasteiger partial charge in [-0.3, -0.25) is 0 Å². The summed E-state index contributed by atoms with van der Waals surface area (Å²) in [4.78, 5) is -0.178. The van der Waals surface area contributed by atoms with Crippen LogP contribution in [0.15, 0.2) is 29.2 Å². The van der Waals surface area contributed by atoms with E-state index in [0.29, 0.717) is 0 Å². The molecular formula is C6H6FNaO2S. The van der Waals surface area contributed by atoms with E-state index in [-0.39, 0.29) is 34.5 Å². The Bertz CT molecular complexity index is 267. The van der Waals surface area contributed by atoms with E-state index < -0.39 is 16.9 Å². The van der Waals surface area contributed by atoms with Crippen molar-refractivity contribution in [2.24, 2.45) is 0 Å². The first kappa shape index (κ1) is 11.3. The Hall–Kier alpha value is 0.260. The number of hydrogen-bond acceptors (Lipinski definition) is 1. The van der Waals surface area contributed by atoms with Crippen LogP contribution in [0.4, 0.5) is 4.39 Å². The van der Waals surface area contributed by atoms with Crippen molar-refractivity contribution in [2.75, 3.05) is 0 Å². The van der Waals surface area contributed by atoms with Crippen molar-refractivity contribution in [1.29, 1.82) is 0 Å². The van der Waals surface area contributed by atoms with Crippen LogP contribution in [0.3, 0.4) is 0 Å². The van der Waals surface area contributed by atoms with Gasteiger partial charge in [0.1, 0.15) is 10.7 Å². The molecule has 0 saturated carbocycles. The molecule has 0 aliphatic rings.